The molecule has 3 N–H and O–H groups in total. The van der Waals surface area contributed by atoms with Crippen LogP contribution in [0.4, 0.5) is 15.9 Å². The van der Waals surface area contributed by atoms with E-state index in [4.69, 9.17) is 0 Å². The number of nitrogens with one attached hydrogen (secondary N) is 3. The molecule has 0 saturated heterocycles. The Morgan fingerprint density at radius 2 is 1.65 bits per heavy atom. The number of carbonyl (C=O) groups excluding carboxylic acids is 3. The molecule has 3 aromatic carbocycles. The van der Waals surface area contributed by atoms with Crippen LogP contribution in [-0.4, -0.2) is 28.0 Å². The summed E-state index contributed by atoms with van der Waals surface area (Å²) >= 11 is 1.37. The highest BCUT2D eigenvalue weighted by Gasteiger charge is 2.19. The summed E-state index contributed by atoms with van der Waals surface area (Å²) in [6.07, 6.45) is 3.66. The van der Waals surface area contributed by atoms with Crippen molar-refractivity contribution in [2.45, 2.75) is 23.5 Å². The zero-order valence-corrected chi connectivity index (χ0v) is 22.5. The fourth-order valence-electron chi connectivity index (χ4n) is 3.64. The van der Waals surface area contributed by atoms with Crippen molar-refractivity contribution in [3.05, 3.63) is 126 Å². The molecule has 1 atom stereocenters. The van der Waals surface area contributed by atoms with E-state index >= 15 is 0 Å². The summed E-state index contributed by atoms with van der Waals surface area (Å²) in [6, 6.07) is 26.5. The Kier molecular flexibility index (Phi) is 9.79. The number of aromatic nitrogens is 1. The smallest absolute Gasteiger partial charge is 0.272 e. The van der Waals surface area contributed by atoms with Crippen molar-refractivity contribution in [3.63, 3.8) is 0 Å². The van der Waals surface area contributed by atoms with Gasteiger partial charge in [0.25, 0.3) is 11.8 Å². The summed E-state index contributed by atoms with van der Waals surface area (Å²) in [4.78, 5) is 43.8. The van der Waals surface area contributed by atoms with Gasteiger partial charge in [0.05, 0.1) is 5.25 Å². The lowest BCUT2D eigenvalue weighted by Crippen LogP contribution is -2.30. The van der Waals surface area contributed by atoms with Crippen molar-refractivity contribution >= 4 is 47.1 Å². The maximum Gasteiger partial charge on any atom is 0.272 e. The molecular weight excluding hydrogens is 527 g/mol. The lowest BCUT2D eigenvalue weighted by Gasteiger charge is -2.15. The third kappa shape index (κ3) is 8.12. The van der Waals surface area contributed by atoms with E-state index in [1.807, 2.05) is 13.0 Å². The molecule has 1 aromatic heterocycles. The van der Waals surface area contributed by atoms with E-state index in [9.17, 15) is 18.8 Å². The molecule has 0 aliphatic heterocycles. The molecule has 40 heavy (non-hydrogen) atoms. The van der Waals surface area contributed by atoms with Crippen molar-refractivity contribution in [2.24, 2.45) is 0 Å². The second kappa shape index (κ2) is 13.9. The van der Waals surface area contributed by atoms with Gasteiger partial charge in [-0.15, -0.1) is 11.8 Å². The maximum absolute atomic E-state index is 13.4. The first kappa shape index (κ1) is 28.3. The Labute approximate surface area is 235 Å². The normalized spacial score (nSPS) is 11.8. The number of hydrogen-bond acceptors (Lipinski definition) is 5. The topological polar surface area (TPSA) is 100 Å². The van der Waals surface area contributed by atoms with Gasteiger partial charge in [0.1, 0.15) is 17.3 Å². The number of thioether (sulfide) groups is 1. The summed E-state index contributed by atoms with van der Waals surface area (Å²) in [5.74, 6) is -1.13. The average molecular weight is 555 g/mol. The molecule has 1 heterocycles. The largest absolute Gasteiger partial charge is 0.321 e. The lowest BCUT2D eigenvalue weighted by molar-refractivity contribution is -0.116. The minimum Gasteiger partial charge on any atom is -0.321 e. The quantitative estimate of drug-likeness (QED) is 0.162. The van der Waals surface area contributed by atoms with Crippen LogP contribution in [0.2, 0.25) is 0 Å². The number of carbonyl (C=O) groups is 3. The first-order valence-corrected chi connectivity index (χ1v) is 13.4. The zero-order valence-electron chi connectivity index (χ0n) is 21.6. The van der Waals surface area contributed by atoms with Gasteiger partial charge in [-0.2, -0.15) is 0 Å². The minimum absolute atomic E-state index is 0.0142. The summed E-state index contributed by atoms with van der Waals surface area (Å²) in [6.45, 7) is 1.92. The van der Waals surface area contributed by atoms with Crippen LogP contribution in [0.15, 0.2) is 114 Å². The van der Waals surface area contributed by atoms with Crippen LogP contribution in [0.1, 0.15) is 29.3 Å². The van der Waals surface area contributed by atoms with Gasteiger partial charge in [-0.25, -0.2) is 9.37 Å². The SMILES string of the molecule is CCC(Sc1cccc(NC(=O)/C(=C/c2ccc(F)cc2)NC(=O)c2ccccc2)c1)C(=O)Nc1ccccn1. The second-order valence-corrected chi connectivity index (χ2v) is 9.91. The van der Waals surface area contributed by atoms with Crippen molar-refractivity contribution in [2.75, 3.05) is 10.6 Å². The molecule has 0 fully saturated rings. The first-order valence-electron chi connectivity index (χ1n) is 12.5. The number of hydrogen-bond donors (Lipinski definition) is 3. The van der Waals surface area contributed by atoms with E-state index < -0.39 is 17.6 Å². The zero-order chi connectivity index (χ0) is 28.3. The number of nitrogens with zero attached hydrogens (tertiary/aromatic N) is 1. The highest BCUT2D eigenvalue weighted by Crippen LogP contribution is 2.28. The molecule has 0 bridgehead atoms. The van der Waals surface area contributed by atoms with Crippen LogP contribution in [0, 0.1) is 5.82 Å². The Hall–Kier alpha value is -4.76. The molecule has 0 aliphatic rings. The summed E-state index contributed by atoms with van der Waals surface area (Å²) in [5.41, 5.74) is 1.39. The summed E-state index contributed by atoms with van der Waals surface area (Å²) in [5, 5.41) is 7.91. The average Bonchev–Trinajstić information content (AvgIpc) is 2.97. The van der Waals surface area contributed by atoms with Crippen molar-refractivity contribution < 1.29 is 18.8 Å². The van der Waals surface area contributed by atoms with Crippen molar-refractivity contribution in [1.82, 2.24) is 10.3 Å². The molecule has 1 unspecified atom stereocenters. The van der Waals surface area contributed by atoms with Crippen LogP contribution in [-0.2, 0) is 9.59 Å². The van der Waals surface area contributed by atoms with E-state index in [-0.39, 0.29) is 16.9 Å². The lowest BCUT2D eigenvalue weighted by atomic mass is 10.1. The Morgan fingerprint density at radius 3 is 2.35 bits per heavy atom. The number of benzene rings is 3. The number of anilines is 2. The van der Waals surface area contributed by atoms with Crippen molar-refractivity contribution in [1.29, 1.82) is 0 Å². The molecule has 0 aliphatic carbocycles. The number of halogens is 1. The fourth-order valence-corrected chi connectivity index (χ4v) is 4.66. The molecule has 0 saturated carbocycles. The summed E-state index contributed by atoms with van der Waals surface area (Å²) in [7, 11) is 0. The van der Waals surface area contributed by atoms with Crippen LogP contribution in [0.3, 0.4) is 0 Å². The Balaban J connectivity index is 1.50. The van der Waals surface area contributed by atoms with E-state index in [2.05, 4.69) is 20.9 Å². The van der Waals surface area contributed by atoms with Gasteiger partial charge < -0.3 is 16.0 Å². The third-order valence-corrected chi connectivity index (χ3v) is 7.02. The highest BCUT2D eigenvalue weighted by atomic mass is 32.2. The highest BCUT2D eigenvalue weighted by molar-refractivity contribution is 8.00. The van der Waals surface area contributed by atoms with Gasteiger partial charge in [0.2, 0.25) is 5.91 Å². The molecule has 4 rings (SSSR count). The van der Waals surface area contributed by atoms with Crippen LogP contribution >= 0.6 is 11.8 Å². The number of pyridine rings is 1. The molecule has 0 spiro atoms. The first-order chi connectivity index (χ1) is 19.4. The van der Waals surface area contributed by atoms with E-state index in [0.717, 1.165) is 4.90 Å². The van der Waals surface area contributed by atoms with Gasteiger partial charge in [-0.3, -0.25) is 14.4 Å². The van der Waals surface area contributed by atoms with Gasteiger partial charge in [0, 0.05) is 22.3 Å². The molecule has 7 nitrogen and oxygen atoms in total. The maximum atomic E-state index is 13.4. The van der Waals surface area contributed by atoms with Crippen LogP contribution < -0.4 is 16.0 Å². The molecule has 0 radical (unpaired) electrons. The molecule has 202 valence electrons. The van der Waals surface area contributed by atoms with Gasteiger partial charge in [-0.05, 0) is 72.7 Å². The van der Waals surface area contributed by atoms with Crippen LogP contribution in [0.5, 0.6) is 0 Å². The number of rotatable bonds is 10. The minimum atomic E-state index is -0.560. The molecule has 9 heteroatoms. The van der Waals surface area contributed by atoms with Gasteiger partial charge in [0.15, 0.2) is 0 Å². The van der Waals surface area contributed by atoms with Crippen molar-refractivity contribution in [3.8, 4) is 0 Å². The molecule has 3 amide bonds. The van der Waals surface area contributed by atoms with Gasteiger partial charge in [-0.1, -0.05) is 49.4 Å². The Bertz CT molecular complexity index is 1500. The van der Waals surface area contributed by atoms with E-state index in [1.165, 1.54) is 42.1 Å². The van der Waals surface area contributed by atoms with Crippen LogP contribution in [0.25, 0.3) is 6.08 Å². The second-order valence-electron chi connectivity index (χ2n) is 8.63. The predicted octanol–water partition coefficient (Wildman–Crippen LogP) is 6.14. The Morgan fingerprint density at radius 1 is 0.900 bits per heavy atom. The third-order valence-electron chi connectivity index (χ3n) is 5.66. The molecule has 4 aromatic rings. The number of amides is 3. The van der Waals surface area contributed by atoms with E-state index in [0.29, 0.717) is 29.1 Å². The monoisotopic (exact) mass is 554 g/mol. The standard InChI is InChI=1S/C31H27FN4O3S/c1-2-27(31(39)36-28-13-6-7-18-33-28)40-25-12-8-11-24(20-25)34-30(38)26(19-21-14-16-23(32)17-15-21)35-29(37)22-9-4-3-5-10-22/h3-20,27H,2H2,1H3,(H,34,38)(H,35,37)(H,33,36,39)/b26-19-. The molecular formula is C31H27FN4O3S. The predicted molar refractivity (Wildman–Crippen MR) is 156 cm³/mol. The summed E-state index contributed by atoms with van der Waals surface area (Å²) < 4.78 is 13.4. The van der Waals surface area contributed by atoms with E-state index in [1.54, 1.807) is 72.9 Å². The van der Waals surface area contributed by atoms with Gasteiger partial charge >= 0.3 is 0 Å². The fraction of sp³-hybridized carbons (Fsp3) is 0.0968.